The molecule has 0 saturated heterocycles. The van der Waals surface area contributed by atoms with E-state index in [4.69, 9.17) is 0 Å². The van der Waals surface area contributed by atoms with Gasteiger partial charge in [0.05, 0.1) is 10.2 Å². The molecule has 2 aromatic carbocycles. The largest absolute Gasteiger partial charge is 0.319 e. The van der Waals surface area contributed by atoms with Gasteiger partial charge in [0.2, 0.25) is 0 Å². The predicted molar refractivity (Wildman–Crippen MR) is 103 cm³/mol. The third kappa shape index (κ3) is 2.85. The second-order valence-electron chi connectivity index (χ2n) is 6.93. The van der Waals surface area contributed by atoms with Gasteiger partial charge in [-0.2, -0.15) is 4.99 Å². The van der Waals surface area contributed by atoms with Crippen molar-refractivity contribution in [3.8, 4) is 0 Å². The molecular formula is C21H22N2OS. The quantitative estimate of drug-likeness (QED) is 0.637. The van der Waals surface area contributed by atoms with E-state index in [1.54, 1.807) is 11.3 Å². The summed E-state index contributed by atoms with van der Waals surface area (Å²) in [6.07, 6.45) is 4.67. The maximum absolute atomic E-state index is 12.7. The minimum Gasteiger partial charge on any atom is -0.319 e. The van der Waals surface area contributed by atoms with Crippen molar-refractivity contribution in [3.05, 3.63) is 63.0 Å². The van der Waals surface area contributed by atoms with E-state index in [1.165, 1.54) is 45.3 Å². The molecule has 0 radical (unpaired) electrons. The van der Waals surface area contributed by atoms with Crippen LogP contribution >= 0.6 is 11.3 Å². The number of carbonyl (C=O) groups excluding carboxylic acids is 1. The molecule has 4 heteroatoms. The van der Waals surface area contributed by atoms with Crippen molar-refractivity contribution in [2.75, 3.05) is 0 Å². The van der Waals surface area contributed by atoms with Gasteiger partial charge in [-0.05, 0) is 73.9 Å². The number of nitrogens with zero attached hydrogens (tertiary/aromatic N) is 2. The van der Waals surface area contributed by atoms with Crippen LogP contribution in [0.4, 0.5) is 0 Å². The normalized spacial score (nSPS) is 14.8. The summed E-state index contributed by atoms with van der Waals surface area (Å²) in [5.74, 6) is -0.147. The summed E-state index contributed by atoms with van der Waals surface area (Å²) in [6.45, 7) is 4.21. The van der Waals surface area contributed by atoms with Crippen molar-refractivity contribution < 1.29 is 4.79 Å². The van der Waals surface area contributed by atoms with Gasteiger partial charge in [0.1, 0.15) is 0 Å². The van der Waals surface area contributed by atoms with Crippen molar-refractivity contribution >= 4 is 27.5 Å². The second kappa shape index (κ2) is 6.26. The lowest BCUT2D eigenvalue weighted by Gasteiger charge is -2.15. The lowest BCUT2D eigenvalue weighted by atomic mass is 9.90. The lowest BCUT2D eigenvalue weighted by molar-refractivity contribution is 0.0998. The van der Waals surface area contributed by atoms with E-state index in [1.807, 2.05) is 23.7 Å². The smallest absolute Gasteiger partial charge is 0.279 e. The maximum atomic E-state index is 12.7. The van der Waals surface area contributed by atoms with Gasteiger partial charge in [-0.15, -0.1) is 0 Å². The van der Waals surface area contributed by atoms with E-state index in [2.05, 4.69) is 37.0 Å². The molecule has 3 aromatic rings. The number of thiazole rings is 1. The van der Waals surface area contributed by atoms with Gasteiger partial charge in [0.15, 0.2) is 4.80 Å². The van der Waals surface area contributed by atoms with Gasteiger partial charge >= 0.3 is 0 Å². The first-order chi connectivity index (χ1) is 12.0. The van der Waals surface area contributed by atoms with E-state index in [0.717, 1.165) is 17.6 Å². The Morgan fingerprint density at radius 2 is 1.76 bits per heavy atom. The van der Waals surface area contributed by atoms with Crippen LogP contribution in [0.25, 0.3) is 10.2 Å². The Hall–Kier alpha value is -2.20. The van der Waals surface area contributed by atoms with E-state index in [9.17, 15) is 4.79 Å². The fraction of sp³-hybridized carbons (Fsp3) is 0.333. The average Bonchev–Trinajstić information content (AvgIpc) is 2.95. The van der Waals surface area contributed by atoms with E-state index >= 15 is 0 Å². The summed E-state index contributed by atoms with van der Waals surface area (Å²) in [5, 5.41) is 0. The van der Waals surface area contributed by atoms with E-state index < -0.39 is 0 Å². The molecule has 1 aliphatic carbocycles. The fourth-order valence-electron chi connectivity index (χ4n) is 3.69. The molecule has 0 saturated carbocycles. The van der Waals surface area contributed by atoms with Crippen molar-refractivity contribution in [1.82, 2.24) is 4.57 Å². The summed E-state index contributed by atoms with van der Waals surface area (Å²) in [4.78, 5) is 17.9. The van der Waals surface area contributed by atoms with Gasteiger partial charge in [0, 0.05) is 12.6 Å². The summed E-state index contributed by atoms with van der Waals surface area (Å²) < 4.78 is 3.25. The number of amides is 1. The van der Waals surface area contributed by atoms with Crippen LogP contribution in [0.5, 0.6) is 0 Å². The van der Waals surface area contributed by atoms with Crippen molar-refractivity contribution in [2.45, 2.75) is 39.5 Å². The number of benzene rings is 2. The van der Waals surface area contributed by atoms with Crippen molar-refractivity contribution in [2.24, 2.45) is 12.0 Å². The Bertz CT molecular complexity index is 1060. The Labute approximate surface area is 151 Å². The zero-order chi connectivity index (χ0) is 17.6. The highest BCUT2D eigenvalue weighted by Gasteiger charge is 2.14. The number of hydrogen-bond acceptors (Lipinski definition) is 2. The highest BCUT2D eigenvalue weighted by Crippen LogP contribution is 2.25. The molecule has 0 spiro atoms. The molecule has 3 nitrogen and oxygen atoms in total. The molecule has 0 aliphatic heterocycles. The van der Waals surface area contributed by atoms with Crippen LogP contribution in [0, 0.1) is 13.8 Å². The number of aromatic nitrogens is 1. The maximum Gasteiger partial charge on any atom is 0.279 e. The Kier molecular flexibility index (Phi) is 4.08. The van der Waals surface area contributed by atoms with E-state index in [0.29, 0.717) is 5.56 Å². The zero-order valence-corrected chi connectivity index (χ0v) is 15.7. The summed E-state index contributed by atoms with van der Waals surface area (Å²) in [6, 6.07) is 10.3. The molecule has 1 amide bonds. The van der Waals surface area contributed by atoms with Crippen LogP contribution in [0.15, 0.2) is 35.3 Å². The monoisotopic (exact) mass is 350 g/mol. The van der Waals surface area contributed by atoms with Crippen LogP contribution in [0.1, 0.15) is 45.5 Å². The minimum absolute atomic E-state index is 0.147. The zero-order valence-electron chi connectivity index (χ0n) is 14.9. The van der Waals surface area contributed by atoms with Gasteiger partial charge < -0.3 is 4.57 Å². The molecule has 1 aromatic heterocycles. The SMILES string of the molecule is Cc1ccc(C)c2c1sc(=NC(=O)c1ccc3c(c1)CCCC3)n2C. The highest BCUT2D eigenvalue weighted by molar-refractivity contribution is 7.16. The second-order valence-corrected chi connectivity index (χ2v) is 7.91. The van der Waals surface area contributed by atoms with Gasteiger partial charge in [-0.1, -0.05) is 29.5 Å². The van der Waals surface area contributed by atoms with E-state index in [-0.39, 0.29) is 5.91 Å². The fourth-order valence-corrected chi connectivity index (χ4v) is 4.85. The lowest BCUT2D eigenvalue weighted by Crippen LogP contribution is -2.14. The molecule has 0 unspecified atom stereocenters. The molecular weight excluding hydrogens is 328 g/mol. The molecule has 4 rings (SSSR count). The summed E-state index contributed by atoms with van der Waals surface area (Å²) >= 11 is 1.59. The number of rotatable bonds is 1. The Morgan fingerprint density at radius 3 is 2.52 bits per heavy atom. The Balaban J connectivity index is 1.80. The minimum atomic E-state index is -0.147. The van der Waals surface area contributed by atoms with Crippen LogP contribution < -0.4 is 4.80 Å². The third-order valence-corrected chi connectivity index (χ3v) is 6.41. The van der Waals surface area contributed by atoms with Crippen molar-refractivity contribution in [3.63, 3.8) is 0 Å². The summed E-state index contributed by atoms with van der Waals surface area (Å²) in [5.41, 5.74) is 7.01. The molecule has 0 atom stereocenters. The predicted octanol–water partition coefficient (Wildman–Crippen LogP) is 4.48. The first kappa shape index (κ1) is 16.3. The molecule has 1 heterocycles. The molecule has 0 N–H and O–H groups in total. The average molecular weight is 350 g/mol. The molecule has 1 aliphatic rings. The molecule has 25 heavy (non-hydrogen) atoms. The first-order valence-electron chi connectivity index (χ1n) is 8.81. The molecule has 128 valence electrons. The van der Waals surface area contributed by atoms with Crippen LogP contribution in [-0.4, -0.2) is 10.5 Å². The summed E-state index contributed by atoms with van der Waals surface area (Å²) in [7, 11) is 1.99. The number of carbonyl (C=O) groups is 1. The number of hydrogen-bond donors (Lipinski definition) is 0. The first-order valence-corrected chi connectivity index (χ1v) is 9.63. The Morgan fingerprint density at radius 1 is 1.04 bits per heavy atom. The molecule has 0 fully saturated rings. The third-order valence-electron chi connectivity index (χ3n) is 5.14. The van der Waals surface area contributed by atoms with Gasteiger partial charge in [-0.3, -0.25) is 4.79 Å². The van der Waals surface area contributed by atoms with Crippen LogP contribution in [-0.2, 0) is 19.9 Å². The number of aryl methyl sites for hydroxylation is 5. The standard InChI is InChI=1S/C21H22N2OS/c1-13-8-9-14(2)19-18(13)23(3)21(25-19)22-20(24)17-11-10-15-6-4-5-7-16(15)12-17/h8-12H,4-7H2,1-3H3. The van der Waals surface area contributed by atoms with Crippen molar-refractivity contribution in [1.29, 1.82) is 0 Å². The number of fused-ring (bicyclic) bond motifs is 2. The highest BCUT2D eigenvalue weighted by atomic mass is 32.1. The van der Waals surface area contributed by atoms with Crippen LogP contribution in [0.3, 0.4) is 0 Å². The van der Waals surface area contributed by atoms with Gasteiger partial charge in [-0.25, -0.2) is 0 Å². The van der Waals surface area contributed by atoms with Crippen LogP contribution in [0.2, 0.25) is 0 Å². The molecule has 0 bridgehead atoms. The topological polar surface area (TPSA) is 34.4 Å². The van der Waals surface area contributed by atoms with Gasteiger partial charge in [0.25, 0.3) is 5.91 Å².